The van der Waals surface area contributed by atoms with Crippen molar-refractivity contribution in [1.29, 1.82) is 0 Å². The minimum atomic E-state index is -1.15. The van der Waals surface area contributed by atoms with Crippen molar-refractivity contribution in [3.05, 3.63) is 0 Å². The van der Waals surface area contributed by atoms with E-state index in [1.165, 1.54) is 6.92 Å². The van der Waals surface area contributed by atoms with Crippen molar-refractivity contribution in [2.45, 2.75) is 17.8 Å². The van der Waals surface area contributed by atoms with Gasteiger partial charge in [-0.25, -0.2) is 4.79 Å². The molecule has 2 atom stereocenters. The Kier molecular flexibility index (Phi) is 2.29. The van der Waals surface area contributed by atoms with Gasteiger partial charge in [0.15, 0.2) is 4.87 Å². The highest BCUT2D eigenvalue weighted by Gasteiger charge is 2.44. The lowest BCUT2D eigenvalue weighted by Gasteiger charge is -2.17. The molecule has 0 spiro atoms. The quantitative estimate of drug-likeness (QED) is 0.549. The minimum absolute atomic E-state index is 0.290. The summed E-state index contributed by atoms with van der Waals surface area (Å²) >= 11 is 1.10. The molecule has 0 bridgehead atoms. The van der Waals surface area contributed by atoms with Gasteiger partial charge in [-0.15, -0.1) is 11.8 Å². The van der Waals surface area contributed by atoms with Crippen LogP contribution in [0.1, 0.15) is 6.92 Å². The molecule has 1 heterocycles. The Hall–Kier alpha value is -0.750. The third-order valence-electron chi connectivity index (χ3n) is 1.69. The van der Waals surface area contributed by atoms with Gasteiger partial charge in [0, 0.05) is 5.75 Å². The summed E-state index contributed by atoms with van der Waals surface area (Å²) in [6.07, 6.45) is 0. The molecule has 0 aromatic rings. The Bertz CT molecular complexity index is 232. The third kappa shape index (κ3) is 1.54. The Balaban J connectivity index is 2.67. The van der Waals surface area contributed by atoms with Crippen LogP contribution in [0, 0.1) is 0 Å². The topological polar surface area (TPSA) is 86.6 Å². The van der Waals surface area contributed by atoms with Gasteiger partial charge in [0.25, 0.3) is 0 Å². The number of rotatable bonds is 2. The number of hydrogen-bond donors (Lipinski definition) is 3. The molecule has 0 radical (unpaired) electrons. The molecule has 0 saturated carbocycles. The average Bonchev–Trinajstić information content (AvgIpc) is 2.33. The summed E-state index contributed by atoms with van der Waals surface area (Å²) in [5, 5.41) is 19.8. The van der Waals surface area contributed by atoms with Gasteiger partial charge >= 0.3 is 11.9 Å². The first-order valence-corrected chi connectivity index (χ1v) is 4.32. The Labute approximate surface area is 73.1 Å². The van der Waals surface area contributed by atoms with Gasteiger partial charge in [0.05, 0.1) is 0 Å². The predicted octanol–water partition coefficient (Wildman–Crippen LogP) is -0.423. The molecule has 1 saturated heterocycles. The second-order valence-corrected chi connectivity index (χ2v) is 4.12. The van der Waals surface area contributed by atoms with Crippen LogP contribution in [-0.4, -0.2) is 38.8 Å². The van der Waals surface area contributed by atoms with Crippen molar-refractivity contribution >= 4 is 23.7 Å². The van der Waals surface area contributed by atoms with E-state index >= 15 is 0 Å². The number of carbonyl (C=O) groups is 2. The fourth-order valence-electron chi connectivity index (χ4n) is 0.922. The molecule has 0 unspecified atom stereocenters. The molecule has 0 aromatic carbocycles. The van der Waals surface area contributed by atoms with Crippen LogP contribution in [0.15, 0.2) is 0 Å². The van der Waals surface area contributed by atoms with E-state index in [9.17, 15) is 9.59 Å². The summed E-state index contributed by atoms with van der Waals surface area (Å²) < 4.78 is 0. The van der Waals surface area contributed by atoms with Crippen molar-refractivity contribution in [3.63, 3.8) is 0 Å². The van der Waals surface area contributed by atoms with Crippen LogP contribution in [0.5, 0.6) is 0 Å². The molecule has 0 aliphatic carbocycles. The summed E-state index contributed by atoms with van der Waals surface area (Å²) in [5.41, 5.74) is 0. The van der Waals surface area contributed by atoms with Crippen LogP contribution in [-0.2, 0) is 9.59 Å². The van der Waals surface area contributed by atoms with Gasteiger partial charge in [0.1, 0.15) is 6.04 Å². The molecule has 3 N–H and O–H groups in total. The van der Waals surface area contributed by atoms with Crippen LogP contribution >= 0.6 is 11.8 Å². The number of hydrogen-bond acceptors (Lipinski definition) is 4. The largest absolute Gasteiger partial charge is 0.480 e. The molecule has 1 aliphatic rings. The highest BCUT2D eigenvalue weighted by atomic mass is 32.2. The number of nitrogens with one attached hydrogen (secondary N) is 1. The maximum absolute atomic E-state index is 10.6. The van der Waals surface area contributed by atoms with E-state index in [1.807, 2.05) is 0 Å². The Morgan fingerprint density at radius 3 is 2.42 bits per heavy atom. The van der Waals surface area contributed by atoms with E-state index in [0.29, 0.717) is 0 Å². The van der Waals surface area contributed by atoms with Crippen molar-refractivity contribution in [1.82, 2.24) is 5.32 Å². The highest BCUT2D eigenvalue weighted by molar-refractivity contribution is 8.01. The van der Waals surface area contributed by atoms with Gasteiger partial charge in [-0.2, -0.15) is 0 Å². The van der Waals surface area contributed by atoms with E-state index in [2.05, 4.69) is 5.32 Å². The van der Waals surface area contributed by atoms with Crippen LogP contribution in [0.3, 0.4) is 0 Å². The lowest BCUT2D eigenvalue weighted by Crippen LogP contribution is -2.48. The van der Waals surface area contributed by atoms with Crippen molar-refractivity contribution in [2.24, 2.45) is 0 Å². The zero-order chi connectivity index (χ0) is 9.35. The predicted molar refractivity (Wildman–Crippen MR) is 43.1 cm³/mol. The molecule has 0 amide bonds. The Morgan fingerprint density at radius 2 is 2.17 bits per heavy atom. The van der Waals surface area contributed by atoms with Crippen LogP contribution in [0.4, 0.5) is 0 Å². The maximum Gasteiger partial charge on any atom is 0.334 e. The number of thioether (sulfide) groups is 1. The molecule has 1 rings (SSSR count). The fourth-order valence-corrected chi connectivity index (χ4v) is 2.00. The second kappa shape index (κ2) is 2.95. The van der Waals surface area contributed by atoms with Gasteiger partial charge in [-0.3, -0.25) is 10.1 Å². The highest BCUT2D eigenvalue weighted by Crippen LogP contribution is 2.30. The third-order valence-corrected chi connectivity index (χ3v) is 3.06. The molecule has 68 valence electrons. The van der Waals surface area contributed by atoms with E-state index in [0.717, 1.165) is 11.8 Å². The van der Waals surface area contributed by atoms with Crippen LogP contribution in [0.2, 0.25) is 0 Å². The summed E-state index contributed by atoms with van der Waals surface area (Å²) in [6, 6.07) is -0.754. The Morgan fingerprint density at radius 1 is 1.58 bits per heavy atom. The second-order valence-electron chi connectivity index (χ2n) is 2.68. The molecule has 1 aliphatic heterocycles. The average molecular weight is 191 g/mol. The van der Waals surface area contributed by atoms with E-state index in [4.69, 9.17) is 10.2 Å². The van der Waals surface area contributed by atoms with Gasteiger partial charge in [-0.1, -0.05) is 0 Å². The first-order chi connectivity index (χ1) is 5.46. The van der Waals surface area contributed by atoms with Gasteiger partial charge < -0.3 is 10.2 Å². The van der Waals surface area contributed by atoms with Gasteiger partial charge in [0.2, 0.25) is 0 Å². The maximum atomic E-state index is 10.6. The molecular formula is C6H9NO4S. The summed E-state index contributed by atoms with van der Waals surface area (Å²) in [7, 11) is 0. The number of carboxylic acids is 2. The minimum Gasteiger partial charge on any atom is -0.480 e. The summed E-state index contributed by atoms with van der Waals surface area (Å²) in [6.45, 7) is 1.46. The SMILES string of the molecule is C[C@@]1(C(=O)O)N[C@@H](C(=O)O)CS1. The molecule has 6 heteroatoms. The van der Waals surface area contributed by atoms with Crippen molar-refractivity contribution in [3.8, 4) is 0 Å². The van der Waals surface area contributed by atoms with Crippen molar-refractivity contribution in [2.75, 3.05) is 5.75 Å². The normalized spacial score (nSPS) is 34.9. The van der Waals surface area contributed by atoms with E-state index in [1.54, 1.807) is 0 Å². The van der Waals surface area contributed by atoms with Crippen LogP contribution < -0.4 is 5.32 Å². The molecule has 0 aromatic heterocycles. The van der Waals surface area contributed by atoms with E-state index < -0.39 is 22.9 Å². The van der Waals surface area contributed by atoms with E-state index in [-0.39, 0.29) is 5.75 Å². The molecule has 5 nitrogen and oxygen atoms in total. The smallest absolute Gasteiger partial charge is 0.334 e. The zero-order valence-electron chi connectivity index (χ0n) is 6.40. The summed E-state index contributed by atoms with van der Waals surface area (Å²) in [4.78, 5) is 19.9. The first kappa shape index (κ1) is 9.34. The zero-order valence-corrected chi connectivity index (χ0v) is 7.22. The van der Waals surface area contributed by atoms with Crippen LogP contribution in [0.25, 0.3) is 0 Å². The molecular weight excluding hydrogens is 182 g/mol. The molecule has 12 heavy (non-hydrogen) atoms. The fraction of sp³-hybridized carbons (Fsp3) is 0.667. The lowest BCUT2D eigenvalue weighted by atomic mass is 10.2. The number of carboxylic acid groups (broad SMARTS) is 2. The van der Waals surface area contributed by atoms with Crippen molar-refractivity contribution < 1.29 is 19.8 Å². The van der Waals surface area contributed by atoms with Gasteiger partial charge in [-0.05, 0) is 6.92 Å². The summed E-state index contributed by atoms with van der Waals surface area (Å²) in [5.74, 6) is -1.75. The lowest BCUT2D eigenvalue weighted by molar-refractivity contribution is -0.142. The number of aliphatic carboxylic acids is 2. The monoisotopic (exact) mass is 191 g/mol. The molecule has 1 fully saturated rings. The standard InChI is InChI=1S/C6H9NO4S/c1-6(5(10)11)7-3(2-12-6)4(8)9/h3,7H,2H2,1H3,(H,8,9)(H,10,11)/t3-,6-/m1/s1. The first-order valence-electron chi connectivity index (χ1n) is 3.33.